The highest BCUT2D eigenvalue weighted by Gasteiger charge is 2.50. The van der Waals surface area contributed by atoms with Gasteiger partial charge in [0.15, 0.2) is 0 Å². The van der Waals surface area contributed by atoms with Crippen molar-refractivity contribution in [2.45, 2.75) is 39.7 Å². The molecule has 1 N–H and O–H groups in total. The van der Waals surface area contributed by atoms with E-state index in [2.05, 4.69) is 0 Å². The summed E-state index contributed by atoms with van der Waals surface area (Å²) < 4.78 is 4.89. The zero-order valence-electron chi connectivity index (χ0n) is 13.1. The molecule has 0 aliphatic heterocycles. The second-order valence-electron chi connectivity index (χ2n) is 6.89. The summed E-state index contributed by atoms with van der Waals surface area (Å²) in [5.74, 6) is -0.227. The van der Waals surface area contributed by atoms with Gasteiger partial charge in [0.2, 0.25) is 0 Å². The number of ether oxygens (including phenoxy) is 1. The highest BCUT2D eigenvalue weighted by molar-refractivity contribution is 5.77. The topological polar surface area (TPSA) is 63.6 Å². The van der Waals surface area contributed by atoms with Crippen LogP contribution in [0.1, 0.15) is 33.6 Å². The molecule has 0 saturated carbocycles. The first-order valence-electron chi connectivity index (χ1n) is 7.37. The van der Waals surface area contributed by atoms with E-state index in [-0.39, 0.29) is 17.8 Å². The summed E-state index contributed by atoms with van der Waals surface area (Å²) in [5.41, 5.74) is -0.391. The zero-order chi connectivity index (χ0) is 15.8. The van der Waals surface area contributed by atoms with Gasteiger partial charge in [-0.25, -0.2) is 0 Å². The standard InChI is InChI=1S/C17H24O4/c1-11-7-13-9-12(16(2,3)15(20)21-4)5-6-17(13,10-18)14(19)8-11/h5-6,8,10,12-14,19H,7,9H2,1-4H3/t12-,13+,14-,17+/m1/s1. The van der Waals surface area contributed by atoms with E-state index in [0.717, 1.165) is 18.3 Å². The minimum atomic E-state index is -0.845. The van der Waals surface area contributed by atoms with Gasteiger partial charge in [-0.05, 0) is 45.4 Å². The van der Waals surface area contributed by atoms with Crippen LogP contribution >= 0.6 is 0 Å². The van der Waals surface area contributed by atoms with Gasteiger partial charge in [0, 0.05) is 0 Å². The highest BCUT2D eigenvalue weighted by Crippen LogP contribution is 2.50. The fourth-order valence-electron chi connectivity index (χ4n) is 3.63. The van der Waals surface area contributed by atoms with E-state index in [0.29, 0.717) is 6.42 Å². The predicted octanol–water partition coefficient (Wildman–Crippen LogP) is 2.27. The molecule has 116 valence electrons. The third-order valence-corrected chi connectivity index (χ3v) is 5.23. The molecular weight excluding hydrogens is 268 g/mol. The molecule has 0 spiro atoms. The minimum absolute atomic E-state index is 0.00104. The fourth-order valence-corrected chi connectivity index (χ4v) is 3.63. The van der Waals surface area contributed by atoms with E-state index in [4.69, 9.17) is 4.74 Å². The van der Waals surface area contributed by atoms with Gasteiger partial charge in [0.05, 0.1) is 24.0 Å². The maximum atomic E-state index is 12.0. The number of carbonyl (C=O) groups excluding carboxylic acids is 2. The average Bonchev–Trinajstić information content (AvgIpc) is 2.45. The molecule has 0 aromatic carbocycles. The Kier molecular flexibility index (Phi) is 4.11. The largest absolute Gasteiger partial charge is 0.469 e. The monoisotopic (exact) mass is 292 g/mol. The van der Waals surface area contributed by atoms with E-state index in [1.54, 1.807) is 12.2 Å². The maximum Gasteiger partial charge on any atom is 0.311 e. The second-order valence-corrected chi connectivity index (χ2v) is 6.89. The molecule has 0 heterocycles. The number of rotatable bonds is 3. The van der Waals surface area contributed by atoms with E-state index in [1.165, 1.54) is 7.11 Å². The molecule has 0 aromatic heterocycles. The Labute approximate surface area is 125 Å². The van der Waals surface area contributed by atoms with Gasteiger partial charge in [0.25, 0.3) is 0 Å². The number of carbonyl (C=O) groups is 2. The minimum Gasteiger partial charge on any atom is -0.469 e. The summed E-state index contributed by atoms with van der Waals surface area (Å²) >= 11 is 0. The lowest BCUT2D eigenvalue weighted by molar-refractivity contribution is -0.153. The number of esters is 1. The second kappa shape index (κ2) is 5.41. The Bertz CT molecular complexity index is 503. The van der Waals surface area contributed by atoms with Crippen molar-refractivity contribution in [3.05, 3.63) is 23.8 Å². The Hall–Kier alpha value is -1.42. The van der Waals surface area contributed by atoms with Crippen molar-refractivity contribution in [3.63, 3.8) is 0 Å². The molecule has 0 radical (unpaired) electrons. The average molecular weight is 292 g/mol. The van der Waals surface area contributed by atoms with Crippen LogP contribution in [0.4, 0.5) is 0 Å². The lowest BCUT2D eigenvalue weighted by Crippen LogP contribution is -2.48. The molecule has 2 aliphatic carbocycles. The fraction of sp³-hybridized carbons (Fsp3) is 0.647. The van der Waals surface area contributed by atoms with Crippen LogP contribution in [-0.4, -0.2) is 30.6 Å². The number of fused-ring (bicyclic) bond motifs is 1. The highest BCUT2D eigenvalue weighted by atomic mass is 16.5. The normalized spacial score (nSPS) is 35.7. The third kappa shape index (κ3) is 2.46. The summed E-state index contributed by atoms with van der Waals surface area (Å²) in [6, 6.07) is 0. The van der Waals surface area contributed by atoms with E-state index >= 15 is 0 Å². The first-order valence-corrected chi connectivity index (χ1v) is 7.37. The predicted molar refractivity (Wildman–Crippen MR) is 79.4 cm³/mol. The Morgan fingerprint density at radius 1 is 1.52 bits per heavy atom. The van der Waals surface area contributed by atoms with Gasteiger partial charge in [-0.3, -0.25) is 4.79 Å². The molecule has 2 rings (SSSR count). The van der Waals surface area contributed by atoms with Gasteiger partial charge in [-0.1, -0.05) is 23.8 Å². The van der Waals surface area contributed by atoms with Crippen molar-refractivity contribution in [1.29, 1.82) is 0 Å². The van der Waals surface area contributed by atoms with Crippen molar-refractivity contribution in [1.82, 2.24) is 0 Å². The van der Waals surface area contributed by atoms with Crippen LogP contribution < -0.4 is 0 Å². The van der Waals surface area contributed by atoms with Crippen LogP contribution in [-0.2, 0) is 14.3 Å². The molecule has 4 heteroatoms. The lowest BCUT2D eigenvalue weighted by atomic mass is 9.57. The van der Waals surface area contributed by atoms with Crippen molar-refractivity contribution < 1.29 is 19.4 Å². The zero-order valence-corrected chi connectivity index (χ0v) is 13.1. The lowest BCUT2D eigenvalue weighted by Gasteiger charge is -2.46. The summed E-state index contributed by atoms with van der Waals surface area (Å²) in [6.45, 7) is 5.70. The summed E-state index contributed by atoms with van der Waals surface area (Å²) in [7, 11) is 1.39. The summed E-state index contributed by atoms with van der Waals surface area (Å²) in [5, 5.41) is 10.3. The van der Waals surface area contributed by atoms with Gasteiger partial charge < -0.3 is 14.6 Å². The van der Waals surface area contributed by atoms with E-state index < -0.39 is 16.9 Å². The molecule has 21 heavy (non-hydrogen) atoms. The van der Waals surface area contributed by atoms with Crippen LogP contribution in [0.2, 0.25) is 0 Å². The van der Waals surface area contributed by atoms with Crippen LogP contribution in [0.3, 0.4) is 0 Å². The third-order valence-electron chi connectivity index (χ3n) is 5.23. The molecule has 4 nitrogen and oxygen atoms in total. The SMILES string of the molecule is COC(=O)C(C)(C)[C@@H]1C=C[C@]2(C=O)[C@@H](CC(C)=C[C@H]2O)C1. The first kappa shape index (κ1) is 16.0. The first-order chi connectivity index (χ1) is 9.77. The quantitative estimate of drug-likeness (QED) is 0.492. The van der Waals surface area contributed by atoms with Crippen LogP contribution in [0.5, 0.6) is 0 Å². The van der Waals surface area contributed by atoms with Crippen LogP contribution in [0, 0.1) is 22.7 Å². The maximum absolute atomic E-state index is 12.0. The van der Waals surface area contributed by atoms with Crippen LogP contribution in [0.25, 0.3) is 0 Å². The Morgan fingerprint density at radius 3 is 2.76 bits per heavy atom. The van der Waals surface area contributed by atoms with Crippen molar-refractivity contribution in [2.75, 3.05) is 7.11 Å². The molecule has 0 amide bonds. The van der Waals surface area contributed by atoms with Gasteiger partial charge in [0.1, 0.15) is 6.29 Å². The number of hydrogen-bond acceptors (Lipinski definition) is 4. The summed E-state index contributed by atoms with van der Waals surface area (Å²) in [6.07, 6.45) is 7.01. The number of aldehydes is 1. The molecule has 0 fully saturated rings. The number of hydrogen-bond donors (Lipinski definition) is 1. The molecule has 0 saturated heterocycles. The smallest absolute Gasteiger partial charge is 0.311 e. The molecule has 2 aliphatic rings. The molecule has 4 atom stereocenters. The number of allylic oxidation sites excluding steroid dienone is 2. The number of methoxy groups -OCH3 is 1. The van der Waals surface area contributed by atoms with Crippen LogP contribution in [0.15, 0.2) is 23.8 Å². The Balaban J connectivity index is 2.36. The molecule has 0 unspecified atom stereocenters. The van der Waals surface area contributed by atoms with Gasteiger partial charge >= 0.3 is 5.97 Å². The Morgan fingerprint density at radius 2 is 2.19 bits per heavy atom. The van der Waals surface area contributed by atoms with Crippen molar-refractivity contribution in [3.8, 4) is 0 Å². The molecule has 0 bridgehead atoms. The van der Waals surface area contributed by atoms with Gasteiger partial charge in [-0.2, -0.15) is 0 Å². The number of aliphatic hydroxyl groups is 1. The summed E-state index contributed by atoms with van der Waals surface area (Å²) in [4.78, 5) is 23.6. The van der Waals surface area contributed by atoms with Gasteiger partial charge in [-0.15, -0.1) is 0 Å². The number of aliphatic hydroxyl groups excluding tert-OH is 1. The molecule has 0 aromatic rings. The van der Waals surface area contributed by atoms with Crippen molar-refractivity contribution >= 4 is 12.3 Å². The van der Waals surface area contributed by atoms with Crippen molar-refractivity contribution in [2.24, 2.45) is 22.7 Å². The molecular formula is C17H24O4. The van der Waals surface area contributed by atoms with E-state index in [9.17, 15) is 14.7 Å². The van der Waals surface area contributed by atoms with E-state index in [1.807, 2.05) is 26.8 Å².